The Morgan fingerprint density at radius 1 is 0.794 bits per heavy atom. The maximum Gasteiger partial charge on any atom is 0.0160 e. The van der Waals surface area contributed by atoms with Gasteiger partial charge in [0.2, 0.25) is 0 Å². The number of hydrogen-bond acceptors (Lipinski definition) is 3. The first-order chi connectivity index (χ1) is 16.5. The summed E-state index contributed by atoms with van der Waals surface area (Å²) in [5.74, 6) is -0.625. The van der Waals surface area contributed by atoms with Gasteiger partial charge in [0.05, 0.1) is 23.3 Å². The maximum absolute atomic E-state index is 14.0. The van der Waals surface area contributed by atoms with Gasteiger partial charge in [-0.25, -0.2) is 0 Å². The minimum Gasteiger partial charge on any atom is -0.305 e. The number of aryl methyl sites for hydroxylation is 2. The summed E-state index contributed by atoms with van der Waals surface area (Å²) < 4.78 is 31.2. The van der Waals surface area contributed by atoms with E-state index in [-0.39, 0.29) is 11.1 Å². The van der Waals surface area contributed by atoms with Gasteiger partial charge in [-0.1, -0.05) is 18.2 Å². The second kappa shape index (κ2) is 12.3. The van der Waals surface area contributed by atoms with E-state index in [2.05, 4.69) is 36.7 Å². The predicted octanol–water partition coefficient (Wildman–Crippen LogP) is 5.80. The summed E-state index contributed by atoms with van der Waals surface area (Å²) in [6, 6.07) is 20.4. The molecular weight excluding hydrogens is 636 g/mol. The van der Waals surface area contributed by atoms with E-state index in [4.69, 9.17) is 0 Å². The normalized spacial score (nSPS) is 10.1. The van der Waals surface area contributed by atoms with Gasteiger partial charge in [0.15, 0.2) is 0 Å². The van der Waals surface area contributed by atoms with Crippen LogP contribution in [0.2, 0.25) is 0 Å². The van der Waals surface area contributed by atoms with Gasteiger partial charge in [-0.05, 0) is 22.9 Å². The largest absolute Gasteiger partial charge is 0.305 e. The number of hydrogen-bond donors (Lipinski definition) is 0. The smallest absolute Gasteiger partial charge is 0.0160 e. The SMILES string of the molecule is Cn1ccnc1-c1[c-]c(-c2nccn2C)c(F)cc1F.[Cl][Ir+2].[c-]1ccccc1-c1ccccn1. The van der Waals surface area contributed by atoms with Gasteiger partial charge in [0, 0.05) is 45.1 Å². The molecule has 0 radical (unpaired) electrons. The topological polar surface area (TPSA) is 48.5 Å². The van der Waals surface area contributed by atoms with Gasteiger partial charge in [-0.2, -0.15) is 0 Å². The zero-order valence-corrected chi connectivity index (χ0v) is 21.4. The molecule has 0 saturated heterocycles. The average Bonchev–Trinajstić information content (AvgIpc) is 3.50. The Balaban J connectivity index is 0.000000197. The van der Waals surface area contributed by atoms with Crippen LogP contribution in [0.1, 0.15) is 0 Å². The fourth-order valence-electron chi connectivity index (χ4n) is 3.11. The Labute approximate surface area is 211 Å². The van der Waals surface area contributed by atoms with Crippen molar-refractivity contribution in [2.45, 2.75) is 0 Å². The van der Waals surface area contributed by atoms with E-state index in [9.17, 15) is 8.78 Å². The second-order valence-corrected chi connectivity index (χ2v) is 6.93. The minimum atomic E-state index is -0.699. The molecule has 0 saturated carbocycles. The van der Waals surface area contributed by atoms with Crippen molar-refractivity contribution in [3.8, 4) is 34.0 Å². The molecule has 0 unspecified atom stereocenters. The Hall–Kier alpha value is -3.19. The number of nitrogens with zero attached hydrogens (tertiary/aromatic N) is 5. The summed E-state index contributed by atoms with van der Waals surface area (Å²) in [6.07, 6.45) is 8.26. The summed E-state index contributed by atoms with van der Waals surface area (Å²) in [6.45, 7) is 0. The molecule has 5 nitrogen and oxygen atoms in total. The van der Waals surface area contributed by atoms with Crippen molar-refractivity contribution in [1.82, 2.24) is 24.1 Å². The quantitative estimate of drug-likeness (QED) is 0.231. The molecule has 5 rings (SSSR count). The van der Waals surface area contributed by atoms with Crippen LogP contribution in [-0.4, -0.2) is 24.1 Å². The van der Waals surface area contributed by atoms with E-state index >= 15 is 0 Å². The molecule has 3 aromatic heterocycles. The summed E-state index contributed by atoms with van der Waals surface area (Å²) >= 11 is 1.47. The van der Waals surface area contributed by atoms with Crippen LogP contribution in [0.3, 0.4) is 0 Å². The van der Waals surface area contributed by atoms with Gasteiger partial charge in [0.1, 0.15) is 0 Å². The van der Waals surface area contributed by atoms with E-state index in [1.54, 1.807) is 54.2 Å². The van der Waals surface area contributed by atoms with Gasteiger partial charge < -0.3 is 14.1 Å². The minimum absolute atomic E-state index is 0.122. The zero-order chi connectivity index (χ0) is 24.5. The van der Waals surface area contributed by atoms with E-state index in [0.29, 0.717) is 11.6 Å². The number of rotatable bonds is 3. The molecule has 5 aromatic rings. The van der Waals surface area contributed by atoms with Crippen LogP contribution in [0.5, 0.6) is 0 Å². The molecule has 0 atom stereocenters. The van der Waals surface area contributed by atoms with Gasteiger partial charge in [-0.15, -0.1) is 42.0 Å². The van der Waals surface area contributed by atoms with Crippen molar-refractivity contribution in [2.75, 3.05) is 0 Å². The van der Waals surface area contributed by atoms with Crippen LogP contribution in [0.4, 0.5) is 8.78 Å². The number of halogens is 3. The Bertz CT molecular complexity index is 1220. The van der Waals surface area contributed by atoms with Crippen LogP contribution in [0.25, 0.3) is 34.0 Å². The van der Waals surface area contributed by atoms with Crippen molar-refractivity contribution in [2.24, 2.45) is 14.1 Å². The monoisotopic (exact) mass is 655 g/mol. The van der Waals surface area contributed by atoms with Gasteiger partial charge >= 0.3 is 27.5 Å². The van der Waals surface area contributed by atoms with Crippen LogP contribution < -0.4 is 0 Å². The van der Waals surface area contributed by atoms with Crippen molar-refractivity contribution in [3.05, 3.63) is 103 Å². The molecule has 0 fully saturated rings. The van der Waals surface area contributed by atoms with Crippen molar-refractivity contribution < 1.29 is 26.7 Å². The van der Waals surface area contributed by atoms with E-state index in [0.717, 1.165) is 17.3 Å². The van der Waals surface area contributed by atoms with E-state index < -0.39 is 11.6 Å². The number of pyridine rings is 1. The molecular formula is C25H19ClF2IrN5. The predicted molar refractivity (Wildman–Crippen MR) is 124 cm³/mol. The molecule has 2 aromatic carbocycles. The fraction of sp³-hybridized carbons (Fsp3) is 0.0800. The molecule has 0 aliphatic rings. The molecule has 3 heterocycles. The number of aromatic nitrogens is 5. The van der Waals surface area contributed by atoms with Gasteiger partial charge in [0.25, 0.3) is 0 Å². The molecule has 0 aliphatic carbocycles. The third-order valence-electron chi connectivity index (χ3n) is 4.72. The van der Waals surface area contributed by atoms with Crippen molar-refractivity contribution >= 4 is 9.58 Å². The maximum atomic E-state index is 14.0. The summed E-state index contributed by atoms with van der Waals surface area (Å²) in [5, 5.41) is 0. The molecule has 0 amide bonds. The summed E-state index contributed by atoms with van der Waals surface area (Å²) in [4.78, 5) is 12.3. The van der Waals surface area contributed by atoms with Crippen LogP contribution in [0, 0.1) is 23.8 Å². The van der Waals surface area contributed by atoms with Gasteiger partial charge in [-0.3, -0.25) is 18.7 Å². The first-order valence-corrected chi connectivity index (χ1v) is 12.9. The molecule has 0 N–H and O–H groups in total. The summed E-state index contributed by atoms with van der Waals surface area (Å²) in [5.41, 5.74) is 2.25. The van der Waals surface area contributed by atoms with Crippen molar-refractivity contribution in [3.63, 3.8) is 0 Å². The molecule has 0 bridgehead atoms. The summed E-state index contributed by atoms with van der Waals surface area (Å²) in [7, 11) is 8.11. The van der Waals surface area contributed by atoms with Crippen molar-refractivity contribution in [1.29, 1.82) is 0 Å². The molecule has 0 aliphatic heterocycles. The van der Waals surface area contributed by atoms with E-state index in [1.807, 2.05) is 42.5 Å². The van der Waals surface area contributed by atoms with E-state index in [1.165, 1.54) is 17.9 Å². The number of imidazole rings is 2. The Morgan fingerprint density at radius 2 is 1.38 bits per heavy atom. The Morgan fingerprint density at radius 3 is 1.82 bits per heavy atom. The molecule has 174 valence electrons. The standard InChI is InChI=1S/C14H11F2N4.C11H8N.ClH.Ir/c1-19-5-3-17-13(19)9-7-10(12(16)8-11(9)15)14-18-4-6-20(14)2;1-2-6-10(7-3-1)11-8-4-5-9-12-11;;/h3-6,8H,1-2H3;1-6,8-9H;1H;/q2*-1;;+3/p-1. The van der Waals surface area contributed by atoms with Crippen LogP contribution in [0.15, 0.2) is 79.5 Å². The fourth-order valence-corrected chi connectivity index (χ4v) is 3.11. The molecule has 34 heavy (non-hydrogen) atoms. The second-order valence-electron chi connectivity index (χ2n) is 6.93. The molecule has 9 heteroatoms. The Kier molecular flexibility index (Phi) is 9.22. The first-order valence-electron chi connectivity index (χ1n) is 9.92. The third-order valence-corrected chi connectivity index (χ3v) is 4.72. The zero-order valence-electron chi connectivity index (χ0n) is 18.2. The number of benzene rings is 2. The molecule has 0 spiro atoms. The third kappa shape index (κ3) is 6.03. The first kappa shape index (κ1) is 25.4. The van der Waals surface area contributed by atoms with Crippen LogP contribution in [-0.2, 0) is 32.0 Å². The average molecular weight is 655 g/mol. The van der Waals surface area contributed by atoms with Crippen LogP contribution >= 0.6 is 9.58 Å².